The number of hydrogen-bond acceptors (Lipinski definition) is 3. The van der Waals surface area contributed by atoms with Crippen LogP contribution in [0.1, 0.15) is 27.7 Å². The first kappa shape index (κ1) is 15.1. The molecule has 1 N–H and O–H groups in total. The summed E-state index contributed by atoms with van der Waals surface area (Å²) in [5.74, 6) is -0.171. The monoisotopic (exact) mass is 274 g/mol. The number of nitrogens with zero attached hydrogens (tertiary/aromatic N) is 1. The predicted molar refractivity (Wildman–Crippen MR) is 71.5 cm³/mol. The minimum Gasteiger partial charge on any atom is -0.343 e. The van der Waals surface area contributed by atoms with Gasteiger partial charge in [-0.2, -0.15) is 0 Å². The van der Waals surface area contributed by atoms with Crippen LogP contribution in [0.3, 0.4) is 0 Å². The van der Waals surface area contributed by atoms with Crippen LogP contribution < -0.4 is 5.32 Å². The van der Waals surface area contributed by atoms with Crippen LogP contribution in [0.25, 0.3) is 0 Å². The topological polar surface area (TPSA) is 66.5 Å². The maximum absolute atomic E-state index is 12.2. The van der Waals surface area contributed by atoms with Gasteiger partial charge < -0.3 is 10.2 Å². The van der Waals surface area contributed by atoms with Gasteiger partial charge in [-0.05, 0) is 19.8 Å². The van der Waals surface area contributed by atoms with Crippen molar-refractivity contribution < 1.29 is 13.8 Å². The van der Waals surface area contributed by atoms with Crippen LogP contribution in [-0.2, 0) is 20.4 Å². The van der Waals surface area contributed by atoms with Crippen LogP contribution in [0.15, 0.2) is 0 Å². The number of nitrogens with one attached hydrogen (secondary N) is 1. The highest BCUT2D eigenvalue weighted by molar-refractivity contribution is 7.84. The van der Waals surface area contributed by atoms with E-state index in [4.69, 9.17) is 0 Å². The van der Waals surface area contributed by atoms with Crippen molar-refractivity contribution >= 4 is 22.6 Å². The lowest BCUT2D eigenvalue weighted by atomic mass is 9.97. The van der Waals surface area contributed by atoms with E-state index in [0.29, 0.717) is 6.54 Å². The van der Waals surface area contributed by atoms with E-state index in [9.17, 15) is 13.8 Å². The summed E-state index contributed by atoms with van der Waals surface area (Å²) in [6, 6.07) is -0.954. The first-order chi connectivity index (χ1) is 8.25. The SMILES string of the molecule is CC1NC(=O)C(C(C)C)N(CC(C)S(C)=O)C1=O. The Labute approximate surface area is 111 Å². The second-order valence-electron chi connectivity index (χ2n) is 5.22. The third-order valence-electron chi connectivity index (χ3n) is 3.27. The van der Waals surface area contributed by atoms with Gasteiger partial charge >= 0.3 is 0 Å². The Morgan fingerprint density at radius 3 is 2.33 bits per heavy atom. The van der Waals surface area contributed by atoms with Crippen LogP contribution in [0.2, 0.25) is 0 Å². The molecular weight excluding hydrogens is 252 g/mol. The fraction of sp³-hybridized carbons (Fsp3) is 0.833. The molecule has 4 atom stereocenters. The minimum absolute atomic E-state index is 0.0407. The van der Waals surface area contributed by atoms with E-state index in [1.54, 1.807) is 18.1 Å². The van der Waals surface area contributed by atoms with Crippen molar-refractivity contribution in [3.05, 3.63) is 0 Å². The van der Waals surface area contributed by atoms with E-state index in [-0.39, 0.29) is 23.0 Å². The molecule has 0 aromatic carbocycles. The van der Waals surface area contributed by atoms with Gasteiger partial charge in [-0.3, -0.25) is 13.8 Å². The first-order valence-electron chi connectivity index (χ1n) is 6.18. The Kier molecular flexibility index (Phi) is 4.90. The summed E-state index contributed by atoms with van der Waals surface area (Å²) in [4.78, 5) is 25.7. The number of carbonyl (C=O) groups excluding carboxylic acids is 2. The molecule has 1 heterocycles. The van der Waals surface area contributed by atoms with Gasteiger partial charge in [0.2, 0.25) is 11.8 Å². The fourth-order valence-electron chi connectivity index (χ4n) is 2.14. The molecule has 2 amide bonds. The van der Waals surface area contributed by atoms with Crippen LogP contribution >= 0.6 is 0 Å². The Morgan fingerprint density at radius 1 is 1.33 bits per heavy atom. The van der Waals surface area contributed by atoms with E-state index in [0.717, 1.165) is 0 Å². The second-order valence-corrected chi connectivity index (χ2v) is 7.02. The van der Waals surface area contributed by atoms with Gasteiger partial charge in [0.15, 0.2) is 0 Å². The zero-order chi connectivity index (χ0) is 14.0. The largest absolute Gasteiger partial charge is 0.343 e. The molecule has 1 fully saturated rings. The molecule has 0 saturated carbocycles. The molecule has 6 heteroatoms. The Balaban J connectivity index is 2.95. The summed E-state index contributed by atoms with van der Waals surface area (Å²) in [7, 11) is -1.00. The van der Waals surface area contributed by atoms with Crippen molar-refractivity contribution in [2.24, 2.45) is 5.92 Å². The molecule has 0 aliphatic carbocycles. The lowest BCUT2D eigenvalue weighted by Crippen LogP contribution is -2.65. The van der Waals surface area contributed by atoms with Crippen molar-refractivity contribution in [2.45, 2.75) is 45.0 Å². The smallest absolute Gasteiger partial charge is 0.245 e. The predicted octanol–water partition coefficient (Wildman–Crippen LogP) is 0.125. The molecule has 0 spiro atoms. The maximum atomic E-state index is 12.2. The number of amides is 2. The highest BCUT2D eigenvalue weighted by atomic mass is 32.2. The Bertz CT molecular complexity index is 370. The Hall–Kier alpha value is -0.910. The third-order valence-corrected chi connectivity index (χ3v) is 4.55. The molecule has 1 aliphatic rings. The molecule has 1 saturated heterocycles. The number of carbonyl (C=O) groups is 2. The van der Waals surface area contributed by atoms with Crippen molar-refractivity contribution in [1.29, 1.82) is 0 Å². The van der Waals surface area contributed by atoms with Crippen molar-refractivity contribution in [2.75, 3.05) is 12.8 Å². The quantitative estimate of drug-likeness (QED) is 0.792. The van der Waals surface area contributed by atoms with Gasteiger partial charge in [-0.25, -0.2) is 0 Å². The summed E-state index contributed by atoms with van der Waals surface area (Å²) in [5, 5.41) is 2.56. The molecule has 0 bridgehead atoms. The van der Waals surface area contributed by atoms with Crippen LogP contribution in [0.5, 0.6) is 0 Å². The summed E-state index contributed by atoms with van der Waals surface area (Å²) < 4.78 is 11.4. The molecule has 104 valence electrons. The average molecular weight is 274 g/mol. The van der Waals surface area contributed by atoms with E-state index in [1.165, 1.54) is 0 Å². The van der Waals surface area contributed by atoms with Gasteiger partial charge in [-0.1, -0.05) is 13.8 Å². The zero-order valence-electron chi connectivity index (χ0n) is 11.6. The van der Waals surface area contributed by atoms with Crippen LogP contribution in [0, 0.1) is 5.92 Å². The molecule has 5 nitrogen and oxygen atoms in total. The molecule has 1 rings (SSSR count). The molecule has 1 aliphatic heterocycles. The third kappa shape index (κ3) is 3.10. The molecule has 18 heavy (non-hydrogen) atoms. The van der Waals surface area contributed by atoms with Crippen LogP contribution in [0.4, 0.5) is 0 Å². The molecule has 4 unspecified atom stereocenters. The van der Waals surface area contributed by atoms with E-state index < -0.39 is 22.9 Å². The van der Waals surface area contributed by atoms with Crippen molar-refractivity contribution in [3.8, 4) is 0 Å². The summed E-state index contributed by atoms with van der Waals surface area (Å²) >= 11 is 0. The maximum Gasteiger partial charge on any atom is 0.245 e. The van der Waals surface area contributed by atoms with Crippen LogP contribution in [-0.4, -0.2) is 51.1 Å². The molecule has 0 radical (unpaired) electrons. The van der Waals surface area contributed by atoms with E-state index >= 15 is 0 Å². The fourth-order valence-corrected chi connectivity index (χ4v) is 2.51. The zero-order valence-corrected chi connectivity index (χ0v) is 12.4. The number of rotatable bonds is 4. The van der Waals surface area contributed by atoms with E-state index in [1.807, 2.05) is 20.8 Å². The number of piperazine rings is 1. The van der Waals surface area contributed by atoms with E-state index in [2.05, 4.69) is 5.32 Å². The summed E-state index contributed by atoms with van der Waals surface area (Å²) in [6.45, 7) is 7.69. The average Bonchev–Trinajstić information content (AvgIpc) is 2.24. The lowest BCUT2D eigenvalue weighted by Gasteiger charge is -2.40. The molecule has 0 aromatic rings. The van der Waals surface area contributed by atoms with Gasteiger partial charge in [0.05, 0.1) is 0 Å². The molecular formula is C12H22N2O3S. The standard InChI is InChI=1S/C12H22N2O3S/c1-7(2)10-11(15)13-9(4)12(16)14(10)6-8(3)18(5)17/h7-10H,6H2,1-5H3,(H,13,15). The first-order valence-corrected chi connectivity index (χ1v) is 7.81. The second kappa shape index (κ2) is 5.82. The van der Waals surface area contributed by atoms with Gasteiger partial charge in [-0.15, -0.1) is 0 Å². The molecule has 0 aromatic heterocycles. The van der Waals surface area contributed by atoms with Gasteiger partial charge in [0, 0.05) is 28.9 Å². The van der Waals surface area contributed by atoms with Gasteiger partial charge in [0.25, 0.3) is 0 Å². The summed E-state index contributed by atoms with van der Waals surface area (Å²) in [5.41, 5.74) is 0. The minimum atomic E-state index is -1.00. The lowest BCUT2D eigenvalue weighted by molar-refractivity contribution is -0.150. The van der Waals surface area contributed by atoms with Crippen molar-refractivity contribution in [1.82, 2.24) is 10.2 Å². The van der Waals surface area contributed by atoms with Gasteiger partial charge in [0.1, 0.15) is 12.1 Å². The van der Waals surface area contributed by atoms with Crippen molar-refractivity contribution in [3.63, 3.8) is 0 Å². The highest BCUT2D eigenvalue weighted by Crippen LogP contribution is 2.18. The normalized spacial score (nSPS) is 28.2. The highest BCUT2D eigenvalue weighted by Gasteiger charge is 2.40. The Morgan fingerprint density at radius 2 is 1.89 bits per heavy atom. The number of hydrogen-bond donors (Lipinski definition) is 1. The summed E-state index contributed by atoms with van der Waals surface area (Å²) in [6.07, 6.45) is 1.62.